The average Bonchev–Trinajstić information content (AvgIpc) is 3.35. The number of benzene rings is 3. The number of anilines is 2. The third-order valence-corrected chi connectivity index (χ3v) is 6.62. The number of fused-ring (bicyclic) bond motifs is 1. The van der Waals surface area contributed by atoms with Crippen molar-refractivity contribution in [1.82, 2.24) is 14.8 Å². The Hall–Kier alpha value is -4.30. The topological polar surface area (TPSA) is 81.1 Å². The third-order valence-electron chi connectivity index (χ3n) is 6.32. The SMILES string of the molecule is CC(C)(C)c1cc(NC(=O)Nc2ccc(OCCc3cccnc3)c3ccccc23)n(-c2ccc(S)cc2)n1. The zero-order valence-electron chi connectivity index (χ0n) is 22.2. The first-order valence-corrected chi connectivity index (χ1v) is 13.2. The van der Waals surface area contributed by atoms with Crippen molar-refractivity contribution in [2.24, 2.45) is 0 Å². The smallest absolute Gasteiger partial charge is 0.324 e. The molecule has 0 spiro atoms. The predicted molar refractivity (Wildman–Crippen MR) is 160 cm³/mol. The van der Waals surface area contributed by atoms with Gasteiger partial charge in [0.25, 0.3) is 0 Å². The van der Waals surface area contributed by atoms with E-state index in [4.69, 9.17) is 9.84 Å². The highest BCUT2D eigenvalue weighted by atomic mass is 32.1. The van der Waals surface area contributed by atoms with E-state index in [0.29, 0.717) is 18.1 Å². The zero-order valence-corrected chi connectivity index (χ0v) is 23.1. The van der Waals surface area contributed by atoms with Gasteiger partial charge < -0.3 is 10.1 Å². The highest BCUT2D eigenvalue weighted by Gasteiger charge is 2.22. The molecular weight excluding hydrogens is 506 g/mol. The van der Waals surface area contributed by atoms with Crippen molar-refractivity contribution < 1.29 is 9.53 Å². The van der Waals surface area contributed by atoms with E-state index in [9.17, 15) is 4.79 Å². The van der Waals surface area contributed by atoms with Gasteiger partial charge in [0.15, 0.2) is 0 Å². The van der Waals surface area contributed by atoms with Gasteiger partial charge >= 0.3 is 6.03 Å². The number of thiol groups is 1. The molecule has 0 aliphatic rings. The Labute approximate surface area is 233 Å². The van der Waals surface area contributed by atoms with E-state index >= 15 is 0 Å². The second-order valence-electron chi connectivity index (χ2n) is 10.3. The molecule has 5 aromatic rings. The number of rotatable bonds is 7. The number of nitrogens with one attached hydrogen (secondary N) is 2. The van der Waals surface area contributed by atoms with Gasteiger partial charge in [-0.25, -0.2) is 9.48 Å². The fourth-order valence-electron chi connectivity index (χ4n) is 4.23. The first kappa shape index (κ1) is 26.3. The number of aromatic nitrogens is 3. The van der Waals surface area contributed by atoms with E-state index in [1.807, 2.05) is 85.1 Å². The summed E-state index contributed by atoms with van der Waals surface area (Å²) in [5.41, 5.74) is 3.31. The van der Waals surface area contributed by atoms with Crippen LogP contribution in [0.4, 0.5) is 16.3 Å². The number of carbonyl (C=O) groups is 1. The molecule has 0 radical (unpaired) electrons. The van der Waals surface area contributed by atoms with E-state index in [-0.39, 0.29) is 11.4 Å². The number of hydrogen-bond acceptors (Lipinski definition) is 5. The highest BCUT2D eigenvalue weighted by Crippen LogP contribution is 2.32. The van der Waals surface area contributed by atoms with Gasteiger partial charge in [-0.15, -0.1) is 12.6 Å². The van der Waals surface area contributed by atoms with Crippen LogP contribution in [-0.2, 0) is 11.8 Å². The quantitative estimate of drug-likeness (QED) is 0.191. The van der Waals surface area contributed by atoms with Crippen molar-refractivity contribution >= 4 is 40.9 Å². The number of pyridine rings is 1. The standard InChI is InChI=1S/C31H31N5O2S/c1-31(2,3)28-19-29(36(35-28)22-10-12-23(39)13-11-22)34-30(37)33-26-14-15-27(25-9-5-4-8-24(25)26)38-18-16-21-7-6-17-32-20-21/h4-15,17,19-20,39H,16,18H2,1-3H3,(H2,33,34,37). The van der Waals surface area contributed by atoms with Crippen molar-refractivity contribution in [3.8, 4) is 11.4 Å². The Morgan fingerprint density at radius 3 is 2.44 bits per heavy atom. The molecule has 0 aliphatic carbocycles. The number of urea groups is 1. The van der Waals surface area contributed by atoms with Gasteiger partial charge in [-0.05, 0) is 48.0 Å². The fraction of sp³-hybridized carbons (Fsp3) is 0.194. The second-order valence-corrected chi connectivity index (χ2v) is 10.8. The Bertz CT molecular complexity index is 1590. The van der Waals surface area contributed by atoms with Crippen LogP contribution in [0, 0.1) is 0 Å². The van der Waals surface area contributed by atoms with E-state index in [1.54, 1.807) is 10.9 Å². The summed E-state index contributed by atoms with van der Waals surface area (Å²) in [4.78, 5) is 18.2. The maximum atomic E-state index is 13.2. The van der Waals surface area contributed by atoms with Crippen LogP contribution in [0.15, 0.2) is 96.2 Å². The molecule has 5 rings (SSSR count). The molecule has 0 fully saturated rings. The third kappa shape index (κ3) is 6.23. The molecule has 0 saturated heterocycles. The maximum absolute atomic E-state index is 13.2. The molecule has 198 valence electrons. The predicted octanol–water partition coefficient (Wildman–Crippen LogP) is 7.27. The summed E-state index contributed by atoms with van der Waals surface area (Å²) in [5, 5.41) is 12.6. The molecule has 39 heavy (non-hydrogen) atoms. The van der Waals surface area contributed by atoms with Crippen molar-refractivity contribution in [1.29, 1.82) is 0 Å². The summed E-state index contributed by atoms with van der Waals surface area (Å²) in [6.45, 7) is 6.80. The molecule has 0 aliphatic heterocycles. The molecule has 3 aromatic carbocycles. The molecule has 0 unspecified atom stereocenters. The lowest BCUT2D eigenvalue weighted by Crippen LogP contribution is -2.21. The van der Waals surface area contributed by atoms with Gasteiger partial charge in [0, 0.05) is 46.0 Å². The largest absolute Gasteiger partial charge is 0.493 e. The van der Waals surface area contributed by atoms with E-state index in [2.05, 4.69) is 49.0 Å². The van der Waals surface area contributed by atoms with Crippen LogP contribution in [0.2, 0.25) is 0 Å². The first-order valence-electron chi connectivity index (χ1n) is 12.8. The lowest BCUT2D eigenvalue weighted by molar-refractivity contribution is 0.262. The molecule has 0 bridgehead atoms. The Morgan fingerprint density at radius 2 is 1.72 bits per heavy atom. The molecule has 0 saturated carbocycles. The second kappa shape index (κ2) is 11.2. The molecular formula is C31H31N5O2S. The Balaban J connectivity index is 1.36. The minimum atomic E-state index is -0.363. The number of nitrogens with zero attached hydrogens (tertiary/aromatic N) is 3. The van der Waals surface area contributed by atoms with Crippen LogP contribution in [0.5, 0.6) is 5.75 Å². The number of ether oxygens (including phenoxy) is 1. The summed E-state index contributed by atoms with van der Waals surface area (Å²) in [6.07, 6.45) is 4.36. The van der Waals surface area contributed by atoms with Crippen LogP contribution < -0.4 is 15.4 Å². The summed E-state index contributed by atoms with van der Waals surface area (Å²) in [6, 6.07) is 24.8. The van der Waals surface area contributed by atoms with Crippen LogP contribution in [0.1, 0.15) is 32.0 Å². The lowest BCUT2D eigenvalue weighted by Gasteiger charge is -2.14. The van der Waals surface area contributed by atoms with Gasteiger partial charge in [-0.1, -0.05) is 51.1 Å². The van der Waals surface area contributed by atoms with Gasteiger partial charge in [-0.3, -0.25) is 10.3 Å². The summed E-state index contributed by atoms with van der Waals surface area (Å²) in [5.74, 6) is 1.34. The van der Waals surface area contributed by atoms with Gasteiger partial charge in [0.2, 0.25) is 0 Å². The van der Waals surface area contributed by atoms with Gasteiger partial charge in [-0.2, -0.15) is 5.10 Å². The highest BCUT2D eigenvalue weighted by molar-refractivity contribution is 7.80. The van der Waals surface area contributed by atoms with E-state index < -0.39 is 0 Å². The minimum absolute atomic E-state index is 0.190. The Morgan fingerprint density at radius 1 is 0.949 bits per heavy atom. The van der Waals surface area contributed by atoms with Crippen LogP contribution in [0.3, 0.4) is 0 Å². The van der Waals surface area contributed by atoms with Gasteiger partial charge in [0.1, 0.15) is 11.6 Å². The Kier molecular flexibility index (Phi) is 7.56. The van der Waals surface area contributed by atoms with Crippen molar-refractivity contribution in [3.63, 3.8) is 0 Å². The van der Waals surface area contributed by atoms with Crippen LogP contribution >= 0.6 is 12.6 Å². The lowest BCUT2D eigenvalue weighted by atomic mass is 9.92. The molecule has 2 amide bonds. The summed E-state index contributed by atoms with van der Waals surface area (Å²) in [7, 11) is 0. The van der Waals surface area contributed by atoms with E-state index in [0.717, 1.165) is 44.8 Å². The molecule has 2 N–H and O–H groups in total. The molecule has 7 nitrogen and oxygen atoms in total. The van der Waals surface area contributed by atoms with E-state index in [1.165, 1.54) is 0 Å². The molecule has 8 heteroatoms. The average molecular weight is 538 g/mol. The maximum Gasteiger partial charge on any atom is 0.324 e. The van der Waals surface area contributed by atoms with Crippen molar-refractivity contribution in [3.05, 3.63) is 103 Å². The van der Waals surface area contributed by atoms with Gasteiger partial charge in [0.05, 0.1) is 23.7 Å². The molecule has 0 atom stereocenters. The zero-order chi connectivity index (χ0) is 27.4. The summed E-state index contributed by atoms with van der Waals surface area (Å²) >= 11 is 4.38. The minimum Gasteiger partial charge on any atom is -0.493 e. The number of hydrogen-bond donors (Lipinski definition) is 3. The van der Waals surface area contributed by atoms with Crippen LogP contribution in [0.25, 0.3) is 16.5 Å². The van der Waals surface area contributed by atoms with Crippen molar-refractivity contribution in [2.75, 3.05) is 17.2 Å². The first-order chi connectivity index (χ1) is 18.8. The van der Waals surface area contributed by atoms with Crippen molar-refractivity contribution in [2.45, 2.75) is 37.5 Å². The molecule has 2 aromatic heterocycles. The molecule has 2 heterocycles. The monoisotopic (exact) mass is 537 g/mol. The summed E-state index contributed by atoms with van der Waals surface area (Å²) < 4.78 is 7.85. The normalized spacial score (nSPS) is 11.4. The number of amides is 2. The van der Waals surface area contributed by atoms with Crippen LogP contribution in [-0.4, -0.2) is 27.4 Å². The number of carbonyl (C=O) groups excluding carboxylic acids is 1. The fourth-order valence-corrected chi connectivity index (χ4v) is 4.38.